The van der Waals surface area contributed by atoms with Crippen LogP contribution in [-0.2, 0) is 9.53 Å². The number of ether oxygens (including phenoxy) is 1. The van der Waals surface area contributed by atoms with E-state index in [4.69, 9.17) is 15.7 Å². The molecule has 2 unspecified atom stereocenters. The van der Waals surface area contributed by atoms with Crippen molar-refractivity contribution in [3.05, 3.63) is 29.1 Å². The highest BCUT2D eigenvalue weighted by atomic mass is 19.1. The molecule has 1 saturated heterocycles. The molecule has 106 valence electrons. The standard InChI is InChI=1S/C14H16FN3O2/c1-8-10(15)3-9(5-16)4-11(8)18-13(19)14(2)7-20-6-12(14)17/h3-4,12H,6-7,17H2,1-2H3,(H,18,19). The molecular weight excluding hydrogens is 261 g/mol. The third kappa shape index (κ3) is 2.38. The van der Waals surface area contributed by atoms with Gasteiger partial charge in [-0.2, -0.15) is 5.26 Å². The lowest BCUT2D eigenvalue weighted by Crippen LogP contribution is -2.47. The van der Waals surface area contributed by atoms with Crippen LogP contribution in [0, 0.1) is 29.5 Å². The lowest BCUT2D eigenvalue weighted by atomic mass is 9.84. The molecule has 0 bridgehead atoms. The van der Waals surface area contributed by atoms with Crippen molar-refractivity contribution in [3.63, 3.8) is 0 Å². The first kappa shape index (κ1) is 14.4. The summed E-state index contributed by atoms with van der Waals surface area (Å²) in [5.74, 6) is -0.864. The average Bonchev–Trinajstić information content (AvgIpc) is 2.76. The van der Waals surface area contributed by atoms with Crippen molar-refractivity contribution >= 4 is 11.6 Å². The number of carbonyl (C=O) groups is 1. The Balaban J connectivity index is 2.29. The second-order valence-corrected chi connectivity index (χ2v) is 5.24. The first-order valence-corrected chi connectivity index (χ1v) is 6.23. The van der Waals surface area contributed by atoms with Crippen molar-refractivity contribution in [3.8, 4) is 6.07 Å². The highest BCUT2D eigenvalue weighted by Crippen LogP contribution is 2.30. The van der Waals surface area contributed by atoms with Gasteiger partial charge in [-0.3, -0.25) is 4.79 Å². The quantitative estimate of drug-likeness (QED) is 0.853. The normalized spacial score (nSPS) is 25.2. The molecule has 2 rings (SSSR count). The van der Waals surface area contributed by atoms with Crippen molar-refractivity contribution in [2.45, 2.75) is 19.9 Å². The third-order valence-corrected chi connectivity index (χ3v) is 3.76. The van der Waals surface area contributed by atoms with Crippen LogP contribution in [0.15, 0.2) is 12.1 Å². The smallest absolute Gasteiger partial charge is 0.234 e. The van der Waals surface area contributed by atoms with Crippen molar-refractivity contribution in [2.75, 3.05) is 18.5 Å². The number of hydrogen-bond acceptors (Lipinski definition) is 4. The first-order chi connectivity index (χ1) is 9.38. The van der Waals surface area contributed by atoms with Gasteiger partial charge in [-0.1, -0.05) is 0 Å². The van der Waals surface area contributed by atoms with Crippen LogP contribution in [-0.4, -0.2) is 25.2 Å². The summed E-state index contributed by atoms with van der Waals surface area (Å²) in [7, 11) is 0. The lowest BCUT2D eigenvalue weighted by molar-refractivity contribution is -0.125. The summed E-state index contributed by atoms with van der Waals surface area (Å²) in [6.45, 7) is 3.79. The molecule has 1 aliphatic heterocycles. The Bertz CT molecular complexity index is 597. The van der Waals surface area contributed by atoms with E-state index >= 15 is 0 Å². The van der Waals surface area contributed by atoms with Crippen LogP contribution in [0.4, 0.5) is 10.1 Å². The molecule has 1 aromatic rings. The molecule has 2 atom stereocenters. The molecule has 0 aromatic heterocycles. The minimum absolute atomic E-state index is 0.153. The van der Waals surface area contributed by atoms with E-state index in [1.54, 1.807) is 13.8 Å². The zero-order chi connectivity index (χ0) is 14.9. The Morgan fingerprint density at radius 1 is 1.65 bits per heavy atom. The van der Waals surface area contributed by atoms with Gasteiger partial charge in [0.15, 0.2) is 0 Å². The molecule has 0 spiro atoms. The van der Waals surface area contributed by atoms with Crippen molar-refractivity contribution in [1.29, 1.82) is 5.26 Å². The molecule has 0 saturated carbocycles. The molecular formula is C14H16FN3O2. The molecule has 5 nitrogen and oxygen atoms in total. The number of carbonyl (C=O) groups excluding carboxylic acids is 1. The lowest BCUT2D eigenvalue weighted by Gasteiger charge is -2.25. The zero-order valence-corrected chi connectivity index (χ0v) is 11.4. The van der Waals surface area contributed by atoms with Gasteiger partial charge in [0.2, 0.25) is 5.91 Å². The van der Waals surface area contributed by atoms with Crippen LogP contribution >= 0.6 is 0 Å². The molecule has 1 amide bonds. The molecule has 1 heterocycles. The summed E-state index contributed by atoms with van der Waals surface area (Å²) in [4.78, 5) is 12.3. The third-order valence-electron chi connectivity index (χ3n) is 3.76. The highest BCUT2D eigenvalue weighted by Gasteiger charge is 2.44. The molecule has 20 heavy (non-hydrogen) atoms. The van der Waals surface area contributed by atoms with E-state index in [-0.39, 0.29) is 29.3 Å². The van der Waals surface area contributed by atoms with Crippen LogP contribution in [0.2, 0.25) is 0 Å². The fourth-order valence-electron chi connectivity index (χ4n) is 2.06. The van der Waals surface area contributed by atoms with Crippen LogP contribution in [0.3, 0.4) is 0 Å². The summed E-state index contributed by atoms with van der Waals surface area (Å²) >= 11 is 0. The number of nitrogens with zero attached hydrogens (tertiary/aromatic N) is 1. The van der Waals surface area contributed by atoms with E-state index < -0.39 is 17.3 Å². The van der Waals surface area contributed by atoms with Gasteiger partial charge in [0, 0.05) is 17.3 Å². The predicted octanol–water partition coefficient (Wildman–Crippen LogP) is 1.31. The Morgan fingerprint density at radius 2 is 2.35 bits per heavy atom. The van der Waals surface area contributed by atoms with Crippen LogP contribution < -0.4 is 11.1 Å². The Hall–Kier alpha value is -1.97. The molecule has 3 N–H and O–H groups in total. The predicted molar refractivity (Wildman–Crippen MR) is 71.4 cm³/mol. The van der Waals surface area contributed by atoms with E-state index in [2.05, 4.69) is 5.32 Å². The molecule has 1 aromatic carbocycles. The highest BCUT2D eigenvalue weighted by molar-refractivity contribution is 5.96. The number of rotatable bonds is 2. The van der Waals surface area contributed by atoms with Crippen molar-refractivity contribution in [2.24, 2.45) is 11.1 Å². The van der Waals surface area contributed by atoms with Gasteiger partial charge >= 0.3 is 0 Å². The summed E-state index contributed by atoms with van der Waals surface area (Å²) < 4.78 is 18.9. The fourth-order valence-corrected chi connectivity index (χ4v) is 2.06. The topological polar surface area (TPSA) is 88.1 Å². The minimum Gasteiger partial charge on any atom is -0.379 e. The molecule has 0 aliphatic carbocycles. The number of benzene rings is 1. The van der Waals surface area contributed by atoms with Gasteiger partial charge < -0.3 is 15.8 Å². The number of nitrogens with one attached hydrogen (secondary N) is 1. The average molecular weight is 277 g/mol. The second-order valence-electron chi connectivity index (χ2n) is 5.24. The summed E-state index contributed by atoms with van der Waals surface area (Å²) in [5.41, 5.74) is 5.75. The largest absolute Gasteiger partial charge is 0.379 e. The van der Waals surface area contributed by atoms with E-state index in [0.717, 1.165) is 6.07 Å². The maximum atomic E-state index is 13.7. The van der Waals surface area contributed by atoms with E-state index in [9.17, 15) is 9.18 Å². The molecule has 6 heteroatoms. The van der Waals surface area contributed by atoms with Crippen molar-refractivity contribution < 1.29 is 13.9 Å². The fraction of sp³-hybridized carbons (Fsp3) is 0.429. The number of anilines is 1. The monoisotopic (exact) mass is 277 g/mol. The summed E-state index contributed by atoms with van der Waals surface area (Å²) in [6, 6.07) is 4.03. The van der Waals surface area contributed by atoms with Gasteiger partial charge in [-0.25, -0.2) is 4.39 Å². The molecule has 1 fully saturated rings. The minimum atomic E-state index is -0.856. The van der Waals surface area contributed by atoms with Gasteiger partial charge in [-0.05, 0) is 26.0 Å². The van der Waals surface area contributed by atoms with Crippen LogP contribution in [0.5, 0.6) is 0 Å². The Labute approximate surface area is 116 Å². The van der Waals surface area contributed by atoms with E-state index in [1.165, 1.54) is 6.07 Å². The van der Waals surface area contributed by atoms with E-state index in [0.29, 0.717) is 6.61 Å². The summed E-state index contributed by atoms with van der Waals surface area (Å²) in [6.07, 6.45) is 0. The molecule has 1 aliphatic rings. The van der Waals surface area contributed by atoms with Crippen LogP contribution in [0.1, 0.15) is 18.1 Å². The SMILES string of the molecule is Cc1c(F)cc(C#N)cc1NC(=O)C1(C)COCC1N. The van der Waals surface area contributed by atoms with Gasteiger partial charge in [0.05, 0.1) is 30.3 Å². The maximum absolute atomic E-state index is 13.7. The second kappa shape index (κ2) is 5.19. The van der Waals surface area contributed by atoms with E-state index in [1.807, 2.05) is 6.07 Å². The Kier molecular flexibility index (Phi) is 3.75. The Morgan fingerprint density at radius 3 is 2.90 bits per heavy atom. The number of hydrogen-bond donors (Lipinski definition) is 2. The molecule has 0 radical (unpaired) electrons. The number of nitrogens with two attached hydrogens (primary N) is 1. The van der Waals surface area contributed by atoms with Gasteiger partial charge in [-0.15, -0.1) is 0 Å². The van der Waals surface area contributed by atoms with Crippen LogP contribution in [0.25, 0.3) is 0 Å². The summed E-state index contributed by atoms with van der Waals surface area (Å²) in [5, 5.41) is 11.5. The first-order valence-electron chi connectivity index (χ1n) is 6.23. The van der Waals surface area contributed by atoms with Gasteiger partial charge in [0.25, 0.3) is 0 Å². The number of halogens is 1. The maximum Gasteiger partial charge on any atom is 0.234 e. The zero-order valence-electron chi connectivity index (χ0n) is 11.4. The van der Waals surface area contributed by atoms with Gasteiger partial charge in [0.1, 0.15) is 5.82 Å². The van der Waals surface area contributed by atoms with Crippen molar-refractivity contribution in [1.82, 2.24) is 0 Å². The number of nitriles is 1. The number of amides is 1.